The number of ketones is 1. The first-order valence-corrected chi connectivity index (χ1v) is 5.38. The molecule has 1 unspecified atom stereocenters. The Kier molecular flexibility index (Phi) is 8.54. The maximum absolute atomic E-state index is 10.7. The third-order valence-electron chi connectivity index (χ3n) is 2.19. The number of Topliss-reactive ketones (excluding diaryl/α,β-unsaturated/α-hetero) is 1. The molecule has 0 rings (SSSR count). The highest BCUT2D eigenvalue weighted by Gasteiger charge is 2.05. The summed E-state index contributed by atoms with van der Waals surface area (Å²) in [7, 11) is 1.73. The number of methoxy groups -OCH3 is 1. The molecule has 2 heteroatoms. The molecule has 0 fully saturated rings. The molecule has 0 heterocycles. The number of hydrogen-bond acceptors (Lipinski definition) is 2. The molecule has 0 bridgehead atoms. The molecule has 0 aliphatic rings. The fourth-order valence-electron chi connectivity index (χ4n) is 1.33. The summed E-state index contributed by atoms with van der Waals surface area (Å²) in [4.78, 5) is 10.7. The Hall–Kier alpha value is -0.630. The number of ether oxygens (including phenoxy) is 1. The standard InChI is InChI=1S/C12H22O2/c1-4-5-6-9-12(14-3)10-7-8-11(2)13/h5-6,12H,4,7-10H2,1-3H3/b6-5-. The zero-order valence-corrected chi connectivity index (χ0v) is 9.58. The third-order valence-corrected chi connectivity index (χ3v) is 2.19. The maximum atomic E-state index is 10.7. The second-order valence-corrected chi connectivity index (χ2v) is 3.57. The molecule has 2 nitrogen and oxygen atoms in total. The van der Waals surface area contributed by atoms with E-state index in [0.29, 0.717) is 6.42 Å². The molecule has 1 atom stereocenters. The molecular weight excluding hydrogens is 176 g/mol. The Morgan fingerprint density at radius 3 is 2.64 bits per heavy atom. The van der Waals surface area contributed by atoms with E-state index in [1.807, 2.05) is 0 Å². The van der Waals surface area contributed by atoms with Gasteiger partial charge < -0.3 is 9.53 Å². The van der Waals surface area contributed by atoms with Crippen LogP contribution in [0.3, 0.4) is 0 Å². The van der Waals surface area contributed by atoms with Gasteiger partial charge in [-0.3, -0.25) is 0 Å². The minimum Gasteiger partial charge on any atom is -0.381 e. The van der Waals surface area contributed by atoms with Crippen LogP contribution < -0.4 is 0 Å². The van der Waals surface area contributed by atoms with Gasteiger partial charge in [-0.1, -0.05) is 19.1 Å². The van der Waals surface area contributed by atoms with Gasteiger partial charge in [0.05, 0.1) is 6.10 Å². The second kappa shape index (κ2) is 8.95. The molecule has 0 aliphatic heterocycles. The number of hydrogen-bond donors (Lipinski definition) is 0. The Labute approximate surface area is 87.3 Å². The first-order valence-electron chi connectivity index (χ1n) is 5.38. The van der Waals surface area contributed by atoms with E-state index in [4.69, 9.17) is 4.74 Å². The predicted octanol–water partition coefficient (Wildman–Crippen LogP) is 3.12. The van der Waals surface area contributed by atoms with Crippen LogP contribution >= 0.6 is 0 Å². The van der Waals surface area contributed by atoms with Crippen LogP contribution in [0.4, 0.5) is 0 Å². The second-order valence-electron chi connectivity index (χ2n) is 3.57. The van der Waals surface area contributed by atoms with Gasteiger partial charge in [0, 0.05) is 13.5 Å². The highest BCUT2D eigenvalue weighted by atomic mass is 16.5. The van der Waals surface area contributed by atoms with Gasteiger partial charge in [-0.25, -0.2) is 0 Å². The van der Waals surface area contributed by atoms with Crippen molar-refractivity contribution in [1.82, 2.24) is 0 Å². The van der Waals surface area contributed by atoms with E-state index in [0.717, 1.165) is 25.7 Å². The summed E-state index contributed by atoms with van der Waals surface area (Å²) in [6.07, 6.45) is 9.21. The Balaban J connectivity index is 3.57. The van der Waals surface area contributed by atoms with E-state index in [2.05, 4.69) is 19.1 Å². The number of carbonyl (C=O) groups excluding carboxylic acids is 1. The van der Waals surface area contributed by atoms with Crippen molar-refractivity contribution >= 4 is 5.78 Å². The van der Waals surface area contributed by atoms with E-state index in [-0.39, 0.29) is 11.9 Å². The summed E-state index contributed by atoms with van der Waals surface area (Å²) in [6.45, 7) is 3.76. The quantitative estimate of drug-likeness (QED) is 0.560. The van der Waals surface area contributed by atoms with Crippen LogP contribution in [0.5, 0.6) is 0 Å². The summed E-state index contributed by atoms with van der Waals surface area (Å²) >= 11 is 0. The summed E-state index contributed by atoms with van der Waals surface area (Å²) in [6, 6.07) is 0. The minimum atomic E-state index is 0.268. The van der Waals surface area contributed by atoms with E-state index < -0.39 is 0 Å². The van der Waals surface area contributed by atoms with Gasteiger partial charge >= 0.3 is 0 Å². The molecule has 0 aromatic rings. The van der Waals surface area contributed by atoms with Crippen molar-refractivity contribution in [2.75, 3.05) is 7.11 Å². The van der Waals surface area contributed by atoms with Crippen LogP contribution in [0.2, 0.25) is 0 Å². The summed E-state index contributed by atoms with van der Waals surface area (Å²) < 4.78 is 5.32. The topological polar surface area (TPSA) is 26.3 Å². The Morgan fingerprint density at radius 1 is 1.43 bits per heavy atom. The molecule has 0 aliphatic carbocycles. The number of allylic oxidation sites excluding steroid dienone is 1. The SMILES string of the molecule is CC/C=C\CC(CCCC(C)=O)OC. The minimum absolute atomic E-state index is 0.268. The van der Waals surface area contributed by atoms with Crippen LogP contribution in [0.25, 0.3) is 0 Å². The average Bonchev–Trinajstić information content (AvgIpc) is 2.15. The first kappa shape index (κ1) is 13.4. The van der Waals surface area contributed by atoms with E-state index in [9.17, 15) is 4.79 Å². The fraction of sp³-hybridized carbons (Fsp3) is 0.750. The van der Waals surface area contributed by atoms with Crippen LogP contribution in [-0.2, 0) is 9.53 Å². The van der Waals surface area contributed by atoms with Crippen molar-refractivity contribution in [2.45, 2.75) is 52.1 Å². The zero-order chi connectivity index (χ0) is 10.8. The molecule has 14 heavy (non-hydrogen) atoms. The Morgan fingerprint density at radius 2 is 2.14 bits per heavy atom. The van der Waals surface area contributed by atoms with E-state index in [1.54, 1.807) is 14.0 Å². The monoisotopic (exact) mass is 198 g/mol. The van der Waals surface area contributed by atoms with Crippen LogP contribution in [0.15, 0.2) is 12.2 Å². The largest absolute Gasteiger partial charge is 0.381 e. The molecule has 0 aromatic heterocycles. The van der Waals surface area contributed by atoms with Gasteiger partial charge in [0.25, 0.3) is 0 Å². The summed E-state index contributed by atoms with van der Waals surface area (Å²) in [5.41, 5.74) is 0. The molecule has 0 saturated carbocycles. The number of carbonyl (C=O) groups is 1. The molecule has 0 aromatic carbocycles. The summed E-state index contributed by atoms with van der Waals surface area (Å²) in [5.74, 6) is 0.268. The lowest BCUT2D eigenvalue weighted by Gasteiger charge is -2.12. The van der Waals surface area contributed by atoms with Gasteiger partial charge in [0.15, 0.2) is 0 Å². The number of rotatable bonds is 8. The van der Waals surface area contributed by atoms with Gasteiger partial charge in [0.2, 0.25) is 0 Å². The fourth-order valence-corrected chi connectivity index (χ4v) is 1.33. The third kappa shape index (κ3) is 7.99. The smallest absolute Gasteiger partial charge is 0.129 e. The lowest BCUT2D eigenvalue weighted by Crippen LogP contribution is -2.09. The highest BCUT2D eigenvalue weighted by molar-refractivity contribution is 5.75. The molecule has 0 saturated heterocycles. The zero-order valence-electron chi connectivity index (χ0n) is 9.58. The Bertz CT molecular complexity index is 173. The van der Waals surface area contributed by atoms with Gasteiger partial charge in [-0.15, -0.1) is 0 Å². The van der Waals surface area contributed by atoms with Gasteiger partial charge in [-0.05, 0) is 32.6 Å². The van der Waals surface area contributed by atoms with Crippen LogP contribution in [0, 0.1) is 0 Å². The summed E-state index contributed by atoms with van der Waals surface area (Å²) in [5, 5.41) is 0. The van der Waals surface area contributed by atoms with Crippen molar-refractivity contribution in [3.05, 3.63) is 12.2 Å². The molecule has 82 valence electrons. The van der Waals surface area contributed by atoms with Crippen molar-refractivity contribution < 1.29 is 9.53 Å². The molecule has 0 spiro atoms. The molecule has 0 radical (unpaired) electrons. The maximum Gasteiger partial charge on any atom is 0.129 e. The van der Waals surface area contributed by atoms with E-state index in [1.165, 1.54) is 0 Å². The molecule has 0 amide bonds. The van der Waals surface area contributed by atoms with Crippen molar-refractivity contribution in [3.63, 3.8) is 0 Å². The highest BCUT2D eigenvalue weighted by Crippen LogP contribution is 2.09. The van der Waals surface area contributed by atoms with Gasteiger partial charge in [0.1, 0.15) is 5.78 Å². The van der Waals surface area contributed by atoms with Crippen molar-refractivity contribution in [1.29, 1.82) is 0 Å². The van der Waals surface area contributed by atoms with Crippen LogP contribution in [0.1, 0.15) is 46.0 Å². The first-order chi connectivity index (χ1) is 6.70. The van der Waals surface area contributed by atoms with E-state index >= 15 is 0 Å². The lowest BCUT2D eigenvalue weighted by molar-refractivity contribution is -0.117. The predicted molar refractivity (Wildman–Crippen MR) is 59.4 cm³/mol. The lowest BCUT2D eigenvalue weighted by atomic mass is 10.1. The van der Waals surface area contributed by atoms with Crippen LogP contribution in [-0.4, -0.2) is 19.0 Å². The van der Waals surface area contributed by atoms with Crippen molar-refractivity contribution in [2.24, 2.45) is 0 Å². The average molecular weight is 198 g/mol. The van der Waals surface area contributed by atoms with Gasteiger partial charge in [-0.2, -0.15) is 0 Å². The normalized spacial score (nSPS) is 13.4. The molecule has 0 N–H and O–H groups in total. The van der Waals surface area contributed by atoms with Crippen molar-refractivity contribution in [3.8, 4) is 0 Å². The molecular formula is C12H22O2.